The molecule has 0 bridgehead atoms. The Hall–Kier alpha value is -0.850. The molecule has 7 heteroatoms. The maximum atomic E-state index is 13.2. The molecule has 0 saturated carbocycles. The Morgan fingerprint density at radius 3 is 2.31 bits per heavy atom. The number of aliphatic hydroxyl groups excluding tert-OH is 1. The van der Waals surface area contributed by atoms with Gasteiger partial charge in [-0.25, -0.2) is 4.39 Å². The van der Waals surface area contributed by atoms with Crippen LogP contribution in [0.25, 0.3) is 0 Å². The molecule has 3 N–H and O–H groups in total. The van der Waals surface area contributed by atoms with Crippen LogP contribution in [0.2, 0.25) is 5.02 Å². The van der Waals surface area contributed by atoms with Crippen LogP contribution < -0.4 is 5.73 Å². The molecule has 1 rings (SSSR count). The zero-order valence-electron chi connectivity index (χ0n) is 7.80. The van der Waals surface area contributed by atoms with Gasteiger partial charge < -0.3 is 10.8 Å². The highest BCUT2D eigenvalue weighted by molar-refractivity contribution is 6.30. The minimum atomic E-state index is -4.90. The van der Waals surface area contributed by atoms with Crippen molar-refractivity contribution in [3.63, 3.8) is 0 Å². The molecule has 0 amide bonds. The summed E-state index contributed by atoms with van der Waals surface area (Å²) in [7, 11) is 0. The van der Waals surface area contributed by atoms with Crippen LogP contribution in [0.15, 0.2) is 18.2 Å². The Balaban J connectivity index is 3.01. The fraction of sp³-hybridized carbons (Fsp3) is 0.333. The van der Waals surface area contributed by atoms with Gasteiger partial charge in [0.15, 0.2) is 6.10 Å². The summed E-state index contributed by atoms with van der Waals surface area (Å²) in [4.78, 5) is 0. The zero-order valence-corrected chi connectivity index (χ0v) is 8.56. The molecule has 1 aromatic carbocycles. The third kappa shape index (κ3) is 2.84. The maximum absolute atomic E-state index is 13.2. The minimum absolute atomic E-state index is 0.0370. The molecule has 1 aromatic rings. The molecule has 0 aromatic heterocycles. The summed E-state index contributed by atoms with van der Waals surface area (Å²) in [5, 5.41) is 8.89. The van der Waals surface area contributed by atoms with Gasteiger partial charge in [0.05, 0.1) is 6.04 Å². The van der Waals surface area contributed by atoms with E-state index in [9.17, 15) is 17.6 Å². The van der Waals surface area contributed by atoms with E-state index in [1.165, 1.54) is 6.07 Å². The summed E-state index contributed by atoms with van der Waals surface area (Å²) in [5.41, 5.74) is 4.69. The third-order valence-electron chi connectivity index (χ3n) is 2.00. The fourth-order valence-corrected chi connectivity index (χ4v) is 1.30. The van der Waals surface area contributed by atoms with E-state index in [1.54, 1.807) is 0 Å². The monoisotopic (exact) mass is 257 g/mol. The highest BCUT2D eigenvalue weighted by Gasteiger charge is 2.43. The van der Waals surface area contributed by atoms with Crippen LogP contribution in [-0.4, -0.2) is 17.4 Å². The lowest BCUT2D eigenvalue weighted by Gasteiger charge is -2.21. The number of nitrogens with two attached hydrogens (primary N) is 1. The Bertz CT molecular complexity index is 382. The second-order valence-corrected chi connectivity index (χ2v) is 3.61. The van der Waals surface area contributed by atoms with Crippen LogP contribution in [0, 0.1) is 5.82 Å². The number of aliphatic hydroxyl groups is 1. The second-order valence-electron chi connectivity index (χ2n) is 3.18. The molecule has 0 unspecified atom stereocenters. The Kier molecular flexibility index (Phi) is 3.77. The molecule has 0 radical (unpaired) electrons. The number of hydrogen-bond donors (Lipinski definition) is 2. The smallest absolute Gasteiger partial charge is 0.382 e. The van der Waals surface area contributed by atoms with E-state index in [-0.39, 0.29) is 5.02 Å². The molecule has 0 aliphatic heterocycles. The standard InChI is InChI=1S/C9H8ClF4NO/c10-4-1-2-5(6(11)3-4)7(15)8(16)9(12,13)14/h1-3,7-8,16H,15H2/t7-,8-/m1/s1. The second kappa shape index (κ2) is 4.57. The van der Waals surface area contributed by atoms with Crippen molar-refractivity contribution in [1.29, 1.82) is 0 Å². The Labute approximate surface area is 93.6 Å². The van der Waals surface area contributed by atoms with Gasteiger partial charge in [0.25, 0.3) is 0 Å². The summed E-state index contributed by atoms with van der Waals surface area (Å²) in [6.07, 6.45) is -7.71. The minimum Gasteiger partial charge on any atom is -0.382 e. The number of benzene rings is 1. The average molecular weight is 258 g/mol. The van der Waals surface area contributed by atoms with E-state index in [4.69, 9.17) is 22.4 Å². The van der Waals surface area contributed by atoms with E-state index in [0.29, 0.717) is 0 Å². The van der Waals surface area contributed by atoms with Crippen LogP contribution in [0.1, 0.15) is 11.6 Å². The van der Waals surface area contributed by atoms with Crippen molar-refractivity contribution in [1.82, 2.24) is 0 Å². The molecule has 0 spiro atoms. The molecule has 0 aliphatic rings. The molecule has 0 heterocycles. The number of alkyl halides is 3. The lowest BCUT2D eigenvalue weighted by atomic mass is 10.0. The number of hydrogen-bond acceptors (Lipinski definition) is 2. The predicted molar refractivity (Wildman–Crippen MR) is 50.4 cm³/mol. The van der Waals surface area contributed by atoms with E-state index in [2.05, 4.69) is 0 Å². The first-order valence-electron chi connectivity index (χ1n) is 4.19. The fourth-order valence-electron chi connectivity index (χ4n) is 1.15. The lowest BCUT2D eigenvalue weighted by molar-refractivity contribution is -0.210. The first-order valence-corrected chi connectivity index (χ1v) is 4.56. The van der Waals surface area contributed by atoms with Gasteiger partial charge in [0, 0.05) is 10.6 Å². The van der Waals surface area contributed by atoms with E-state index < -0.39 is 29.7 Å². The molecule has 16 heavy (non-hydrogen) atoms. The van der Waals surface area contributed by atoms with Gasteiger partial charge in [0.1, 0.15) is 5.82 Å². The molecular weight excluding hydrogens is 250 g/mol. The highest BCUT2D eigenvalue weighted by Crippen LogP contribution is 2.30. The van der Waals surface area contributed by atoms with Crippen molar-refractivity contribution in [3.8, 4) is 0 Å². The molecule has 0 aliphatic carbocycles. The predicted octanol–water partition coefficient (Wildman–Crippen LogP) is 2.40. The van der Waals surface area contributed by atoms with Gasteiger partial charge >= 0.3 is 6.18 Å². The van der Waals surface area contributed by atoms with Crippen molar-refractivity contribution in [2.75, 3.05) is 0 Å². The maximum Gasteiger partial charge on any atom is 0.416 e. The third-order valence-corrected chi connectivity index (χ3v) is 2.23. The topological polar surface area (TPSA) is 46.2 Å². The average Bonchev–Trinajstić information content (AvgIpc) is 2.14. The number of halogens is 5. The SMILES string of the molecule is N[C@H](c1ccc(Cl)cc1F)[C@@H](O)C(F)(F)F. The molecule has 2 nitrogen and oxygen atoms in total. The van der Waals surface area contributed by atoms with Gasteiger partial charge in [-0.05, 0) is 12.1 Å². The largest absolute Gasteiger partial charge is 0.416 e. The van der Waals surface area contributed by atoms with E-state index >= 15 is 0 Å². The Morgan fingerprint density at radius 2 is 1.88 bits per heavy atom. The van der Waals surface area contributed by atoms with Crippen molar-refractivity contribution >= 4 is 11.6 Å². The summed E-state index contributed by atoms with van der Waals surface area (Å²) in [6.45, 7) is 0. The van der Waals surface area contributed by atoms with Gasteiger partial charge in [-0.15, -0.1) is 0 Å². The first kappa shape index (κ1) is 13.2. The quantitative estimate of drug-likeness (QED) is 0.799. The summed E-state index contributed by atoms with van der Waals surface area (Å²) in [6, 6.07) is 1.16. The van der Waals surface area contributed by atoms with Crippen LogP contribution >= 0.6 is 11.6 Å². The van der Waals surface area contributed by atoms with Crippen molar-refractivity contribution in [2.45, 2.75) is 18.3 Å². The summed E-state index contributed by atoms with van der Waals surface area (Å²) >= 11 is 5.43. The van der Waals surface area contributed by atoms with Gasteiger partial charge in [-0.2, -0.15) is 13.2 Å². The van der Waals surface area contributed by atoms with E-state index in [1.807, 2.05) is 0 Å². The highest BCUT2D eigenvalue weighted by atomic mass is 35.5. The van der Waals surface area contributed by atoms with Gasteiger partial charge in [-0.3, -0.25) is 0 Å². The molecular formula is C9H8ClF4NO. The normalized spacial score (nSPS) is 15.9. The molecule has 90 valence electrons. The van der Waals surface area contributed by atoms with Crippen molar-refractivity contribution < 1.29 is 22.7 Å². The van der Waals surface area contributed by atoms with E-state index in [0.717, 1.165) is 12.1 Å². The van der Waals surface area contributed by atoms with Crippen LogP contribution in [0.4, 0.5) is 17.6 Å². The lowest BCUT2D eigenvalue weighted by Crippen LogP contribution is -2.39. The molecule has 0 fully saturated rings. The summed E-state index contributed by atoms with van der Waals surface area (Å²) < 4.78 is 49.6. The molecule has 2 atom stereocenters. The number of rotatable bonds is 2. The van der Waals surface area contributed by atoms with Gasteiger partial charge in [0.2, 0.25) is 0 Å². The van der Waals surface area contributed by atoms with Gasteiger partial charge in [-0.1, -0.05) is 17.7 Å². The zero-order chi connectivity index (χ0) is 12.5. The summed E-state index contributed by atoms with van der Waals surface area (Å²) in [5.74, 6) is -0.983. The van der Waals surface area contributed by atoms with Crippen molar-refractivity contribution in [3.05, 3.63) is 34.6 Å². The van der Waals surface area contributed by atoms with Crippen molar-refractivity contribution in [2.24, 2.45) is 5.73 Å². The van der Waals surface area contributed by atoms with Crippen LogP contribution in [0.5, 0.6) is 0 Å². The first-order chi connectivity index (χ1) is 7.23. The van der Waals surface area contributed by atoms with Crippen LogP contribution in [0.3, 0.4) is 0 Å². The molecule has 0 saturated heterocycles. The Morgan fingerprint density at radius 1 is 1.31 bits per heavy atom. The van der Waals surface area contributed by atoms with Crippen LogP contribution in [-0.2, 0) is 0 Å².